The molecule has 2 atom stereocenters. The molecule has 0 aromatic heterocycles. The molecule has 0 radical (unpaired) electrons. The van der Waals surface area contributed by atoms with Crippen molar-refractivity contribution in [3.63, 3.8) is 0 Å². The van der Waals surface area contributed by atoms with Crippen LogP contribution in [0.2, 0.25) is 0 Å². The number of hydrogen-bond donors (Lipinski definition) is 1. The Morgan fingerprint density at radius 2 is 1.70 bits per heavy atom. The number of benzene rings is 2. The highest BCUT2D eigenvalue weighted by atomic mass is 19.4. The standard InChI is InChI=1S/C29H36F3N3O2/c1-21-4-3-5-22(2)35(21)20-23-6-10-26(11-7-23)37-17-14-28(36)12-15-34(16-13-28)25-9-8-24(19-33)27(18-25)29(30,31)32/h6-11,18,21-22,36H,3-5,12-17,20H2,1-2H3/t21-,22+. The van der Waals surface area contributed by atoms with Crippen LogP contribution in [-0.4, -0.2) is 47.4 Å². The number of nitriles is 1. The van der Waals surface area contributed by atoms with Crippen LogP contribution in [0.5, 0.6) is 5.75 Å². The number of rotatable bonds is 7. The number of anilines is 1. The van der Waals surface area contributed by atoms with Gasteiger partial charge in [-0.1, -0.05) is 18.6 Å². The average Bonchev–Trinajstić information content (AvgIpc) is 2.87. The summed E-state index contributed by atoms with van der Waals surface area (Å²) >= 11 is 0. The van der Waals surface area contributed by atoms with Gasteiger partial charge in [0.05, 0.1) is 29.4 Å². The minimum absolute atomic E-state index is 0.366. The molecular formula is C29H36F3N3O2. The van der Waals surface area contributed by atoms with Gasteiger partial charge in [-0.05, 0) is 75.4 Å². The van der Waals surface area contributed by atoms with E-state index in [0.29, 0.717) is 56.7 Å². The van der Waals surface area contributed by atoms with Gasteiger partial charge in [0.15, 0.2) is 0 Å². The molecule has 2 aromatic carbocycles. The molecule has 1 N–H and O–H groups in total. The first-order chi connectivity index (χ1) is 17.6. The highest BCUT2D eigenvalue weighted by Gasteiger charge is 2.36. The van der Waals surface area contributed by atoms with Crippen LogP contribution in [0, 0.1) is 11.3 Å². The maximum atomic E-state index is 13.3. The van der Waals surface area contributed by atoms with E-state index in [-0.39, 0.29) is 5.56 Å². The largest absolute Gasteiger partial charge is 0.493 e. The molecule has 2 saturated heterocycles. The van der Waals surface area contributed by atoms with Crippen LogP contribution >= 0.6 is 0 Å². The lowest BCUT2D eigenvalue weighted by molar-refractivity contribution is -0.137. The van der Waals surface area contributed by atoms with Gasteiger partial charge in [-0.25, -0.2) is 0 Å². The topological polar surface area (TPSA) is 59.7 Å². The normalized spacial score (nSPS) is 22.5. The number of piperidine rings is 2. The average molecular weight is 516 g/mol. The number of halogens is 3. The molecule has 2 fully saturated rings. The molecule has 200 valence electrons. The molecule has 8 heteroatoms. The van der Waals surface area contributed by atoms with Crippen molar-refractivity contribution in [1.82, 2.24) is 4.90 Å². The van der Waals surface area contributed by atoms with Crippen molar-refractivity contribution in [2.24, 2.45) is 0 Å². The van der Waals surface area contributed by atoms with Crippen LogP contribution in [0.15, 0.2) is 42.5 Å². The van der Waals surface area contributed by atoms with Gasteiger partial charge in [-0.3, -0.25) is 4.90 Å². The van der Waals surface area contributed by atoms with Crippen molar-refractivity contribution in [3.05, 3.63) is 59.2 Å². The Labute approximate surface area is 217 Å². The Hall–Kier alpha value is -2.76. The molecule has 5 nitrogen and oxygen atoms in total. The number of ether oxygens (including phenoxy) is 1. The smallest absolute Gasteiger partial charge is 0.417 e. The molecule has 0 bridgehead atoms. The van der Waals surface area contributed by atoms with E-state index in [0.717, 1.165) is 18.4 Å². The van der Waals surface area contributed by atoms with Crippen molar-refractivity contribution in [1.29, 1.82) is 5.26 Å². The van der Waals surface area contributed by atoms with Crippen LogP contribution in [0.3, 0.4) is 0 Å². The van der Waals surface area contributed by atoms with E-state index in [2.05, 4.69) is 30.9 Å². The fourth-order valence-corrected chi connectivity index (χ4v) is 5.54. The molecule has 37 heavy (non-hydrogen) atoms. The molecule has 0 saturated carbocycles. The fourth-order valence-electron chi connectivity index (χ4n) is 5.54. The maximum Gasteiger partial charge on any atom is 0.417 e. The van der Waals surface area contributed by atoms with Crippen LogP contribution in [0.1, 0.15) is 69.1 Å². The molecular weight excluding hydrogens is 479 g/mol. The van der Waals surface area contributed by atoms with Crippen LogP contribution in [0.4, 0.5) is 18.9 Å². The summed E-state index contributed by atoms with van der Waals surface area (Å²) in [6.45, 7) is 6.76. The summed E-state index contributed by atoms with van der Waals surface area (Å²) in [5.41, 5.74) is -0.553. The van der Waals surface area contributed by atoms with E-state index in [1.807, 2.05) is 17.0 Å². The molecule has 2 aromatic rings. The molecule has 4 rings (SSSR count). The van der Waals surface area contributed by atoms with Gasteiger partial charge in [0.25, 0.3) is 0 Å². The van der Waals surface area contributed by atoms with Crippen molar-refractivity contribution in [2.75, 3.05) is 24.6 Å². The predicted molar refractivity (Wildman–Crippen MR) is 137 cm³/mol. The Morgan fingerprint density at radius 1 is 1.05 bits per heavy atom. The van der Waals surface area contributed by atoms with E-state index < -0.39 is 17.3 Å². The summed E-state index contributed by atoms with van der Waals surface area (Å²) < 4.78 is 45.9. The van der Waals surface area contributed by atoms with Gasteiger partial charge >= 0.3 is 6.18 Å². The zero-order chi connectivity index (χ0) is 26.6. The molecule has 0 amide bonds. The quantitative estimate of drug-likeness (QED) is 0.480. The van der Waals surface area contributed by atoms with Crippen molar-refractivity contribution in [3.8, 4) is 11.8 Å². The summed E-state index contributed by atoms with van der Waals surface area (Å²) in [5.74, 6) is 0.766. The SMILES string of the molecule is C[C@@H]1CCC[C@H](C)N1Cc1ccc(OCCC2(O)CCN(c3ccc(C#N)c(C(F)(F)F)c3)CC2)cc1. The molecule has 0 unspecified atom stereocenters. The molecule has 0 aliphatic carbocycles. The molecule has 2 aliphatic heterocycles. The number of nitrogens with zero attached hydrogens (tertiary/aromatic N) is 3. The van der Waals surface area contributed by atoms with E-state index in [9.17, 15) is 18.3 Å². The number of likely N-dealkylation sites (tertiary alicyclic amines) is 1. The third-order valence-corrected chi connectivity index (χ3v) is 7.99. The Bertz CT molecular complexity index is 1080. The van der Waals surface area contributed by atoms with E-state index >= 15 is 0 Å². The minimum Gasteiger partial charge on any atom is -0.493 e. The second kappa shape index (κ2) is 11.3. The third-order valence-electron chi connectivity index (χ3n) is 7.99. The monoisotopic (exact) mass is 515 g/mol. The molecule has 0 spiro atoms. The molecule has 2 aliphatic rings. The van der Waals surface area contributed by atoms with Gasteiger partial charge in [-0.15, -0.1) is 0 Å². The number of alkyl halides is 3. The zero-order valence-corrected chi connectivity index (χ0v) is 21.6. The third kappa shape index (κ3) is 6.77. The Balaban J connectivity index is 1.26. The Kier molecular flexibility index (Phi) is 8.35. The highest BCUT2D eigenvalue weighted by Crippen LogP contribution is 2.36. The first kappa shape index (κ1) is 27.3. The first-order valence-corrected chi connectivity index (χ1v) is 13.1. The van der Waals surface area contributed by atoms with Crippen molar-refractivity contribution in [2.45, 2.75) is 82.8 Å². The van der Waals surface area contributed by atoms with Gasteiger partial charge in [0, 0.05) is 43.8 Å². The van der Waals surface area contributed by atoms with Gasteiger partial charge in [0.2, 0.25) is 0 Å². The Morgan fingerprint density at radius 3 is 2.30 bits per heavy atom. The van der Waals surface area contributed by atoms with Crippen LogP contribution in [-0.2, 0) is 12.7 Å². The summed E-state index contributed by atoms with van der Waals surface area (Å²) in [6, 6.07) is 14.7. The highest BCUT2D eigenvalue weighted by molar-refractivity contribution is 5.55. The second-order valence-corrected chi connectivity index (χ2v) is 10.6. The van der Waals surface area contributed by atoms with Gasteiger partial charge < -0.3 is 14.7 Å². The van der Waals surface area contributed by atoms with Crippen molar-refractivity contribution < 1.29 is 23.0 Å². The number of hydrogen-bond acceptors (Lipinski definition) is 5. The van der Waals surface area contributed by atoms with Gasteiger partial charge in [0.1, 0.15) is 5.75 Å². The first-order valence-electron chi connectivity index (χ1n) is 13.1. The predicted octanol–water partition coefficient (Wildman–Crippen LogP) is 6.14. The zero-order valence-electron chi connectivity index (χ0n) is 21.6. The van der Waals surface area contributed by atoms with Crippen LogP contribution < -0.4 is 9.64 Å². The lowest BCUT2D eigenvalue weighted by Gasteiger charge is -2.39. The summed E-state index contributed by atoms with van der Waals surface area (Å²) in [7, 11) is 0. The van der Waals surface area contributed by atoms with Crippen LogP contribution in [0.25, 0.3) is 0 Å². The lowest BCUT2D eigenvalue weighted by atomic mass is 9.88. The number of aliphatic hydroxyl groups is 1. The fraction of sp³-hybridized carbons (Fsp3) is 0.552. The van der Waals surface area contributed by atoms with E-state index in [1.165, 1.54) is 37.0 Å². The van der Waals surface area contributed by atoms with E-state index in [1.54, 1.807) is 6.07 Å². The maximum absolute atomic E-state index is 13.3. The second-order valence-electron chi connectivity index (χ2n) is 10.6. The van der Waals surface area contributed by atoms with Crippen molar-refractivity contribution >= 4 is 5.69 Å². The molecule has 2 heterocycles. The summed E-state index contributed by atoms with van der Waals surface area (Å²) in [6.07, 6.45) is 0.517. The van der Waals surface area contributed by atoms with E-state index in [4.69, 9.17) is 10.00 Å². The van der Waals surface area contributed by atoms with Gasteiger partial charge in [-0.2, -0.15) is 18.4 Å². The lowest BCUT2D eigenvalue weighted by Crippen LogP contribution is -2.45. The summed E-state index contributed by atoms with van der Waals surface area (Å²) in [4.78, 5) is 4.39. The summed E-state index contributed by atoms with van der Waals surface area (Å²) in [5, 5.41) is 20.0. The minimum atomic E-state index is -4.59.